The minimum Gasteiger partial charge on any atom is -0.426 e. The largest absolute Gasteiger partial charge is 0.426 e. The molecule has 0 aliphatic heterocycles. The second-order valence-corrected chi connectivity index (χ2v) is 5.46. The second-order valence-electron chi connectivity index (χ2n) is 5.46. The molecule has 0 radical (unpaired) electrons. The third kappa shape index (κ3) is 4.47. The highest BCUT2D eigenvalue weighted by atomic mass is 19.1. The number of carbonyl (C=O) groups excluding carboxylic acids is 1. The van der Waals surface area contributed by atoms with Crippen molar-refractivity contribution in [2.75, 3.05) is 0 Å². The van der Waals surface area contributed by atoms with Crippen LogP contribution in [0.15, 0.2) is 66.7 Å². The van der Waals surface area contributed by atoms with Crippen LogP contribution in [0.5, 0.6) is 5.75 Å². The molecule has 0 N–H and O–H groups in total. The van der Waals surface area contributed by atoms with Crippen molar-refractivity contribution in [3.63, 3.8) is 0 Å². The summed E-state index contributed by atoms with van der Waals surface area (Å²) in [5, 5.41) is 0. The number of ether oxygens (including phenoxy) is 1. The maximum Gasteiger partial charge on any atom is 0.315 e. The van der Waals surface area contributed by atoms with Crippen LogP contribution in [0.4, 0.5) is 13.2 Å². The average molecular weight is 342 g/mol. The number of halogens is 3. The Kier molecular flexibility index (Phi) is 4.84. The van der Waals surface area contributed by atoms with Gasteiger partial charge in [-0.2, -0.15) is 0 Å². The molecule has 0 bridgehead atoms. The third-order valence-corrected chi connectivity index (χ3v) is 3.55. The van der Waals surface area contributed by atoms with E-state index in [0.29, 0.717) is 11.6 Å². The molecule has 2 nitrogen and oxygen atoms in total. The minimum atomic E-state index is -0.813. The number of benzene rings is 3. The SMILES string of the molecule is O=C(Cc1ccc(-c2ccc(F)cc2)cc1)Oc1cc(F)cc(F)c1. The molecule has 126 valence electrons. The molecule has 0 aromatic heterocycles. The van der Waals surface area contributed by atoms with E-state index in [0.717, 1.165) is 23.3 Å². The maximum atomic E-state index is 13.1. The Morgan fingerprint density at radius 3 is 1.80 bits per heavy atom. The van der Waals surface area contributed by atoms with Crippen molar-refractivity contribution in [2.24, 2.45) is 0 Å². The molecule has 3 rings (SSSR count). The van der Waals surface area contributed by atoms with Gasteiger partial charge >= 0.3 is 5.97 Å². The van der Waals surface area contributed by atoms with E-state index in [-0.39, 0.29) is 18.0 Å². The lowest BCUT2D eigenvalue weighted by atomic mass is 10.0. The van der Waals surface area contributed by atoms with Crippen LogP contribution in [-0.2, 0) is 11.2 Å². The predicted molar refractivity (Wildman–Crippen MR) is 87.5 cm³/mol. The highest BCUT2D eigenvalue weighted by molar-refractivity contribution is 5.75. The molecule has 0 saturated heterocycles. The summed E-state index contributed by atoms with van der Waals surface area (Å²) < 4.78 is 44.1. The van der Waals surface area contributed by atoms with E-state index in [1.807, 2.05) is 0 Å². The van der Waals surface area contributed by atoms with Crippen LogP contribution in [0.2, 0.25) is 0 Å². The monoisotopic (exact) mass is 342 g/mol. The predicted octanol–water partition coefficient (Wildman–Crippen LogP) is 4.92. The Morgan fingerprint density at radius 2 is 1.24 bits per heavy atom. The molecule has 0 aliphatic carbocycles. The van der Waals surface area contributed by atoms with E-state index >= 15 is 0 Å². The first-order valence-electron chi connectivity index (χ1n) is 7.51. The molecule has 0 heterocycles. The second kappa shape index (κ2) is 7.21. The van der Waals surface area contributed by atoms with Gasteiger partial charge in [-0.25, -0.2) is 13.2 Å². The molecule has 3 aromatic carbocycles. The van der Waals surface area contributed by atoms with Gasteiger partial charge in [0, 0.05) is 18.2 Å². The van der Waals surface area contributed by atoms with Gasteiger partial charge in [0.1, 0.15) is 23.2 Å². The summed E-state index contributed by atoms with van der Waals surface area (Å²) >= 11 is 0. The summed E-state index contributed by atoms with van der Waals surface area (Å²) in [6.45, 7) is 0. The maximum absolute atomic E-state index is 13.1. The van der Waals surface area contributed by atoms with Gasteiger partial charge in [-0.15, -0.1) is 0 Å². The molecule has 3 aromatic rings. The Bertz CT molecular complexity index is 868. The zero-order valence-corrected chi connectivity index (χ0v) is 13.0. The Hall–Kier alpha value is -3.08. The first-order chi connectivity index (χ1) is 12.0. The smallest absolute Gasteiger partial charge is 0.315 e. The van der Waals surface area contributed by atoms with E-state index in [2.05, 4.69) is 0 Å². The van der Waals surface area contributed by atoms with Crippen molar-refractivity contribution in [2.45, 2.75) is 6.42 Å². The van der Waals surface area contributed by atoms with E-state index in [4.69, 9.17) is 4.74 Å². The van der Waals surface area contributed by atoms with E-state index in [1.54, 1.807) is 36.4 Å². The van der Waals surface area contributed by atoms with Gasteiger partial charge in [0.05, 0.1) is 6.42 Å². The van der Waals surface area contributed by atoms with Crippen molar-refractivity contribution in [1.29, 1.82) is 0 Å². The van der Waals surface area contributed by atoms with Gasteiger partial charge in [0.15, 0.2) is 0 Å². The Labute approximate surface area is 142 Å². The summed E-state index contributed by atoms with van der Waals surface area (Å²) in [7, 11) is 0. The zero-order valence-electron chi connectivity index (χ0n) is 13.0. The third-order valence-electron chi connectivity index (χ3n) is 3.55. The molecule has 0 amide bonds. The van der Waals surface area contributed by atoms with Gasteiger partial charge in [-0.3, -0.25) is 4.79 Å². The number of rotatable bonds is 4. The summed E-state index contributed by atoms with van der Waals surface area (Å²) in [6, 6.07) is 15.8. The lowest BCUT2D eigenvalue weighted by molar-refractivity contribution is -0.133. The molecule has 25 heavy (non-hydrogen) atoms. The fourth-order valence-corrected chi connectivity index (χ4v) is 2.38. The molecular weight excluding hydrogens is 329 g/mol. The van der Waals surface area contributed by atoms with Crippen molar-refractivity contribution >= 4 is 5.97 Å². The first kappa shape index (κ1) is 16.8. The van der Waals surface area contributed by atoms with Crippen molar-refractivity contribution in [3.05, 3.63) is 89.7 Å². The molecule has 5 heteroatoms. The van der Waals surface area contributed by atoms with Gasteiger partial charge in [0.25, 0.3) is 0 Å². The standard InChI is InChI=1S/C20H13F3O2/c21-16-7-5-15(6-8-16)14-3-1-13(2-4-14)9-20(24)25-19-11-17(22)10-18(23)12-19/h1-8,10-12H,9H2. The molecule has 0 saturated carbocycles. The normalized spacial score (nSPS) is 10.5. The van der Waals surface area contributed by atoms with Crippen LogP contribution in [-0.4, -0.2) is 5.97 Å². The number of carbonyl (C=O) groups is 1. The fourth-order valence-electron chi connectivity index (χ4n) is 2.38. The van der Waals surface area contributed by atoms with Crippen LogP contribution >= 0.6 is 0 Å². The highest BCUT2D eigenvalue weighted by Gasteiger charge is 2.09. The van der Waals surface area contributed by atoms with Crippen LogP contribution in [0.25, 0.3) is 11.1 Å². The van der Waals surface area contributed by atoms with Crippen molar-refractivity contribution in [3.8, 4) is 16.9 Å². The minimum absolute atomic E-state index is 0.0399. The molecule has 0 aliphatic rings. The van der Waals surface area contributed by atoms with Crippen LogP contribution in [0, 0.1) is 17.5 Å². The molecule has 0 atom stereocenters. The average Bonchev–Trinajstić information content (AvgIpc) is 2.55. The van der Waals surface area contributed by atoms with E-state index in [1.165, 1.54) is 12.1 Å². The van der Waals surface area contributed by atoms with Gasteiger partial charge in [-0.1, -0.05) is 36.4 Å². The Morgan fingerprint density at radius 1 is 0.720 bits per heavy atom. The van der Waals surface area contributed by atoms with Gasteiger partial charge in [0.2, 0.25) is 0 Å². The molecule has 0 spiro atoms. The summed E-state index contributed by atoms with van der Waals surface area (Å²) in [5.41, 5.74) is 2.42. The van der Waals surface area contributed by atoms with Crippen LogP contribution in [0.1, 0.15) is 5.56 Å². The number of hydrogen-bond acceptors (Lipinski definition) is 2. The fraction of sp³-hybridized carbons (Fsp3) is 0.0500. The van der Waals surface area contributed by atoms with E-state index < -0.39 is 17.6 Å². The van der Waals surface area contributed by atoms with Crippen LogP contribution in [0.3, 0.4) is 0 Å². The lowest BCUT2D eigenvalue weighted by Crippen LogP contribution is -2.11. The number of hydrogen-bond donors (Lipinski definition) is 0. The Balaban J connectivity index is 1.66. The van der Waals surface area contributed by atoms with Crippen molar-refractivity contribution < 1.29 is 22.7 Å². The lowest BCUT2D eigenvalue weighted by Gasteiger charge is -2.06. The summed E-state index contributed by atoms with van der Waals surface area (Å²) in [5.74, 6) is -2.74. The number of esters is 1. The van der Waals surface area contributed by atoms with E-state index in [9.17, 15) is 18.0 Å². The highest BCUT2D eigenvalue weighted by Crippen LogP contribution is 2.21. The first-order valence-corrected chi connectivity index (χ1v) is 7.51. The summed E-state index contributed by atoms with van der Waals surface area (Å²) in [6.07, 6.45) is -0.0399. The van der Waals surface area contributed by atoms with Crippen molar-refractivity contribution in [1.82, 2.24) is 0 Å². The van der Waals surface area contributed by atoms with Crippen LogP contribution < -0.4 is 4.74 Å². The zero-order chi connectivity index (χ0) is 17.8. The molecular formula is C20H13F3O2. The summed E-state index contributed by atoms with van der Waals surface area (Å²) in [4.78, 5) is 11.9. The van der Waals surface area contributed by atoms with Gasteiger partial charge in [-0.05, 0) is 28.8 Å². The topological polar surface area (TPSA) is 26.3 Å². The van der Waals surface area contributed by atoms with Gasteiger partial charge < -0.3 is 4.74 Å². The molecule has 0 fully saturated rings. The molecule has 0 unspecified atom stereocenters. The quantitative estimate of drug-likeness (QED) is 0.497.